The number of amides is 1. The number of aliphatic hydroxyl groups is 1. The number of hydrogen-bond acceptors (Lipinski definition) is 4. The zero-order chi connectivity index (χ0) is 22.0. The van der Waals surface area contributed by atoms with Gasteiger partial charge in [-0.05, 0) is 48.4 Å². The molecule has 1 fully saturated rings. The molecule has 1 atom stereocenters. The van der Waals surface area contributed by atoms with E-state index < -0.39 is 23.5 Å². The molecule has 3 aromatic rings. The van der Waals surface area contributed by atoms with Crippen LogP contribution in [0.3, 0.4) is 0 Å². The highest BCUT2D eigenvalue weighted by atomic mass is 35.5. The molecule has 4 rings (SSSR count). The summed E-state index contributed by atoms with van der Waals surface area (Å²) < 4.78 is 15.8. The number of Topliss-reactive ketones (excluding diaryl/α,β-unsaturated/α-hetero) is 1. The molecule has 0 radical (unpaired) electrons. The fourth-order valence-electron chi connectivity index (χ4n) is 3.74. The summed E-state index contributed by atoms with van der Waals surface area (Å²) in [5.74, 6) is -2.34. The number of likely N-dealkylation sites (tertiary alicyclic amines) is 1. The normalized spacial score (nSPS) is 18.0. The third-order valence-corrected chi connectivity index (χ3v) is 5.45. The number of hydrogen-bond donors (Lipinski definition) is 1. The summed E-state index contributed by atoms with van der Waals surface area (Å²) in [5.41, 5.74) is 0.695. The fourth-order valence-corrected chi connectivity index (χ4v) is 3.87. The third kappa shape index (κ3) is 4.22. The molecule has 31 heavy (non-hydrogen) atoms. The lowest BCUT2D eigenvalue weighted by Gasteiger charge is -2.25. The highest BCUT2D eigenvalue weighted by Gasteiger charge is 2.45. The van der Waals surface area contributed by atoms with E-state index in [-0.39, 0.29) is 17.9 Å². The number of ketones is 1. The molecule has 0 spiro atoms. The summed E-state index contributed by atoms with van der Waals surface area (Å²) in [6.45, 7) is 0.845. The van der Waals surface area contributed by atoms with Crippen LogP contribution in [0.15, 0.2) is 72.8 Å². The first kappa shape index (κ1) is 20.8. The van der Waals surface area contributed by atoms with Gasteiger partial charge in [0.25, 0.3) is 11.7 Å². The van der Waals surface area contributed by atoms with Gasteiger partial charge in [0, 0.05) is 36.1 Å². The number of carbonyl (C=O) groups is 2. The van der Waals surface area contributed by atoms with E-state index in [1.807, 2.05) is 4.57 Å². The number of aromatic nitrogens is 2. The first-order valence-electron chi connectivity index (χ1n) is 9.71. The largest absolute Gasteiger partial charge is 0.507 e. The van der Waals surface area contributed by atoms with Crippen LogP contribution in [-0.4, -0.2) is 37.8 Å². The first-order valence-corrected chi connectivity index (χ1v) is 10.1. The topological polar surface area (TPSA) is 75.4 Å². The zero-order valence-corrected chi connectivity index (χ0v) is 17.2. The molecular formula is C23H19ClFN3O3. The second-order valence-corrected chi connectivity index (χ2v) is 7.64. The lowest BCUT2D eigenvalue weighted by Crippen LogP contribution is -2.31. The Bertz CT molecular complexity index is 1140. The maximum absolute atomic E-state index is 14.0. The van der Waals surface area contributed by atoms with Crippen molar-refractivity contribution in [1.82, 2.24) is 14.5 Å². The minimum atomic E-state index is -0.894. The number of rotatable bonds is 6. The number of nitrogens with zero attached hydrogens (tertiary/aromatic N) is 3. The highest BCUT2D eigenvalue weighted by Crippen LogP contribution is 2.39. The monoisotopic (exact) mass is 439 g/mol. The van der Waals surface area contributed by atoms with Gasteiger partial charge in [-0.3, -0.25) is 9.59 Å². The molecule has 1 aliphatic heterocycles. The van der Waals surface area contributed by atoms with Crippen molar-refractivity contribution in [3.8, 4) is 0 Å². The van der Waals surface area contributed by atoms with Crippen molar-refractivity contribution in [1.29, 1.82) is 0 Å². The standard InChI is InChI=1S/C23H19ClFN3O3/c24-17-7-5-15(6-8-17)21(29)19-20(16-3-1-4-18(25)13-16)28(23(31)22(19)30)11-2-10-27-12-9-26-14-27/h1,3-9,12-14,20,29H,2,10-11H2/b21-19-. The van der Waals surface area contributed by atoms with Crippen LogP contribution < -0.4 is 0 Å². The number of aryl methyl sites for hydroxylation is 1. The van der Waals surface area contributed by atoms with E-state index in [0.29, 0.717) is 29.1 Å². The molecule has 158 valence electrons. The van der Waals surface area contributed by atoms with Gasteiger partial charge in [-0.15, -0.1) is 0 Å². The summed E-state index contributed by atoms with van der Waals surface area (Å²) in [5, 5.41) is 11.4. The van der Waals surface area contributed by atoms with Crippen LogP contribution in [0.25, 0.3) is 5.76 Å². The number of benzene rings is 2. The van der Waals surface area contributed by atoms with E-state index in [1.165, 1.54) is 23.1 Å². The van der Waals surface area contributed by atoms with Gasteiger partial charge in [-0.1, -0.05) is 23.7 Å². The molecule has 0 saturated carbocycles. The second kappa shape index (κ2) is 8.73. The Morgan fingerprint density at radius 1 is 1.13 bits per heavy atom. The number of carbonyl (C=O) groups excluding carboxylic acids is 2. The second-order valence-electron chi connectivity index (χ2n) is 7.21. The zero-order valence-electron chi connectivity index (χ0n) is 16.4. The molecule has 0 bridgehead atoms. The maximum atomic E-state index is 14.0. The Labute approximate surface area is 183 Å². The summed E-state index contributed by atoms with van der Waals surface area (Å²) in [6, 6.07) is 11.1. The van der Waals surface area contributed by atoms with Crippen LogP contribution in [0.1, 0.15) is 23.6 Å². The lowest BCUT2D eigenvalue weighted by atomic mass is 9.95. The average molecular weight is 440 g/mol. The van der Waals surface area contributed by atoms with Crippen molar-refractivity contribution >= 4 is 29.1 Å². The van der Waals surface area contributed by atoms with Gasteiger partial charge >= 0.3 is 0 Å². The van der Waals surface area contributed by atoms with Gasteiger partial charge in [0.1, 0.15) is 11.6 Å². The summed E-state index contributed by atoms with van der Waals surface area (Å²) >= 11 is 5.92. The third-order valence-electron chi connectivity index (χ3n) is 5.20. The molecule has 2 heterocycles. The molecule has 2 aromatic carbocycles. The van der Waals surface area contributed by atoms with Gasteiger partial charge in [0.15, 0.2) is 0 Å². The molecule has 8 heteroatoms. The van der Waals surface area contributed by atoms with Crippen LogP contribution >= 0.6 is 11.6 Å². The van der Waals surface area contributed by atoms with Gasteiger partial charge in [-0.2, -0.15) is 0 Å². The smallest absolute Gasteiger partial charge is 0.295 e. The predicted octanol–water partition coefficient (Wildman–Crippen LogP) is 4.19. The van der Waals surface area contributed by atoms with Crippen LogP contribution in [0.2, 0.25) is 5.02 Å². The van der Waals surface area contributed by atoms with E-state index in [1.54, 1.807) is 49.1 Å². The van der Waals surface area contributed by atoms with Crippen molar-refractivity contribution in [3.05, 3.63) is 94.8 Å². The molecule has 0 aliphatic carbocycles. The van der Waals surface area contributed by atoms with Crippen LogP contribution in [0, 0.1) is 5.82 Å². The molecule has 1 saturated heterocycles. The van der Waals surface area contributed by atoms with E-state index >= 15 is 0 Å². The quantitative estimate of drug-likeness (QED) is 0.355. The Balaban J connectivity index is 1.73. The van der Waals surface area contributed by atoms with E-state index in [0.717, 1.165) is 0 Å². The summed E-state index contributed by atoms with van der Waals surface area (Å²) in [6.07, 6.45) is 5.68. The summed E-state index contributed by atoms with van der Waals surface area (Å²) in [7, 11) is 0. The average Bonchev–Trinajstić information content (AvgIpc) is 3.36. The number of imidazole rings is 1. The molecule has 1 N–H and O–H groups in total. The molecular weight excluding hydrogens is 421 g/mol. The maximum Gasteiger partial charge on any atom is 0.295 e. The molecule has 1 amide bonds. The molecule has 1 aromatic heterocycles. The van der Waals surface area contributed by atoms with Gasteiger partial charge < -0.3 is 14.6 Å². The Hall–Kier alpha value is -3.45. The van der Waals surface area contributed by atoms with Crippen molar-refractivity contribution in [2.45, 2.75) is 19.0 Å². The van der Waals surface area contributed by atoms with Crippen LogP contribution in [0.5, 0.6) is 0 Å². The van der Waals surface area contributed by atoms with Crippen LogP contribution in [0.4, 0.5) is 4.39 Å². The fraction of sp³-hybridized carbons (Fsp3) is 0.174. The van der Waals surface area contributed by atoms with Gasteiger partial charge in [-0.25, -0.2) is 9.37 Å². The Morgan fingerprint density at radius 2 is 1.90 bits per heavy atom. The van der Waals surface area contributed by atoms with Gasteiger partial charge in [0.2, 0.25) is 0 Å². The Morgan fingerprint density at radius 3 is 2.58 bits per heavy atom. The van der Waals surface area contributed by atoms with Crippen molar-refractivity contribution in [3.63, 3.8) is 0 Å². The Kier molecular flexibility index (Phi) is 5.86. The van der Waals surface area contributed by atoms with Crippen molar-refractivity contribution in [2.75, 3.05) is 6.54 Å². The minimum Gasteiger partial charge on any atom is -0.507 e. The number of aliphatic hydroxyl groups excluding tert-OH is 1. The predicted molar refractivity (Wildman–Crippen MR) is 114 cm³/mol. The van der Waals surface area contributed by atoms with Crippen molar-refractivity contribution < 1.29 is 19.1 Å². The highest BCUT2D eigenvalue weighted by molar-refractivity contribution is 6.46. The van der Waals surface area contributed by atoms with Gasteiger partial charge in [0.05, 0.1) is 17.9 Å². The minimum absolute atomic E-state index is 0.0689. The summed E-state index contributed by atoms with van der Waals surface area (Å²) in [4.78, 5) is 31.1. The van der Waals surface area contributed by atoms with Crippen molar-refractivity contribution in [2.24, 2.45) is 0 Å². The molecule has 1 unspecified atom stereocenters. The van der Waals surface area contributed by atoms with Crippen LogP contribution in [-0.2, 0) is 16.1 Å². The van der Waals surface area contributed by atoms with E-state index in [2.05, 4.69) is 4.98 Å². The lowest BCUT2D eigenvalue weighted by molar-refractivity contribution is -0.139. The van der Waals surface area contributed by atoms with E-state index in [9.17, 15) is 19.1 Å². The molecule has 1 aliphatic rings. The molecule has 6 nitrogen and oxygen atoms in total. The first-order chi connectivity index (χ1) is 15.0. The van der Waals surface area contributed by atoms with E-state index in [4.69, 9.17) is 11.6 Å². The SMILES string of the molecule is O=C1C(=O)N(CCCn2ccnc2)C(c2cccc(F)c2)/C1=C(/O)c1ccc(Cl)cc1. The number of halogens is 2.